The van der Waals surface area contributed by atoms with E-state index in [1.54, 1.807) is 0 Å². The summed E-state index contributed by atoms with van der Waals surface area (Å²) < 4.78 is 17.4. The Morgan fingerprint density at radius 3 is 2.69 bits per heavy atom. The first-order valence-corrected chi connectivity index (χ1v) is 12.4. The number of carbonyl (C=O) groups excluding carboxylic acids is 2. The summed E-state index contributed by atoms with van der Waals surface area (Å²) in [4.78, 5) is 29.4. The van der Waals surface area contributed by atoms with Crippen LogP contribution in [0.1, 0.15) is 46.0 Å². The Kier molecular flexibility index (Phi) is 7.78. The number of ether oxygens (including phenoxy) is 3. The first-order chi connectivity index (χ1) is 15.4. The van der Waals surface area contributed by atoms with Gasteiger partial charge in [-0.25, -0.2) is 9.59 Å². The second-order valence-electron chi connectivity index (χ2n) is 10.2. The number of nitrogens with one attached hydrogen (secondary N) is 2. The number of hydrogen-bond acceptors (Lipinski definition) is 6. The molecule has 3 aliphatic heterocycles. The molecule has 182 valence electrons. The van der Waals surface area contributed by atoms with Crippen molar-refractivity contribution < 1.29 is 23.8 Å². The Bertz CT molecular complexity index is 646. The van der Waals surface area contributed by atoms with E-state index in [2.05, 4.69) is 24.5 Å². The lowest BCUT2D eigenvalue weighted by molar-refractivity contribution is -0.153. The zero-order chi connectivity index (χ0) is 22.7. The molecule has 5 atom stereocenters. The van der Waals surface area contributed by atoms with Crippen LogP contribution in [0.4, 0.5) is 9.59 Å². The third kappa shape index (κ3) is 5.48. The highest BCUT2D eigenvalue weighted by Crippen LogP contribution is 2.46. The van der Waals surface area contributed by atoms with Gasteiger partial charge in [0.1, 0.15) is 6.10 Å². The summed E-state index contributed by atoms with van der Waals surface area (Å²) in [6.45, 7) is 8.27. The molecule has 0 spiro atoms. The summed E-state index contributed by atoms with van der Waals surface area (Å²) in [5.41, 5.74) is 0. The molecule has 0 aromatic carbocycles. The molecule has 4 aliphatic rings. The summed E-state index contributed by atoms with van der Waals surface area (Å²) in [5, 5.41) is 6.18. The quantitative estimate of drug-likeness (QED) is 0.548. The van der Waals surface area contributed by atoms with Crippen LogP contribution in [0.3, 0.4) is 0 Å². The number of hydrogen-bond donors (Lipinski definition) is 2. The molecular formula is C23H40N4O5. The zero-order valence-corrected chi connectivity index (χ0v) is 19.8. The molecule has 4 fully saturated rings. The number of fused-ring (bicyclic) bond motifs is 2. The van der Waals surface area contributed by atoms with Crippen LogP contribution >= 0.6 is 0 Å². The lowest BCUT2D eigenvalue weighted by atomic mass is 9.78. The normalized spacial score (nSPS) is 31.8. The maximum Gasteiger partial charge on any atom is 0.407 e. The maximum absolute atomic E-state index is 13.1. The minimum absolute atomic E-state index is 0.0387. The van der Waals surface area contributed by atoms with Crippen molar-refractivity contribution in [2.45, 2.75) is 70.5 Å². The molecule has 3 heterocycles. The van der Waals surface area contributed by atoms with Gasteiger partial charge in [-0.1, -0.05) is 13.8 Å². The topological polar surface area (TPSA) is 92.4 Å². The molecule has 0 aromatic heterocycles. The summed E-state index contributed by atoms with van der Waals surface area (Å²) in [6, 6.07) is 0.612. The van der Waals surface area contributed by atoms with E-state index in [1.165, 1.54) is 0 Å². The summed E-state index contributed by atoms with van der Waals surface area (Å²) in [6.07, 6.45) is 3.83. The monoisotopic (exact) mass is 452 g/mol. The van der Waals surface area contributed by atoms with Gasteiger partial charge >= 0.3 is 12.1 Å². The highest BCUT2D eigenvalue weighted by molar-refractivity contribution is 5.74. The van der Waals surface area contributed by atoms with Gasteiger partial charge in [-0.05, 0) is 45.1 Å². The summed E-state index contributed by atoms with van der Waals surface area (Å²) >= 11 is 0. The zero-order valence-electron chi connectivity index (χ0n) is 19.8. The van der Waals surface area contributed by atoms with Crippen molar-refractivity contribution in [1.82, 2.24) is 20.4 Å². The molecular weight excluding hydrogens is 412 g/mol. The second kappa shape index (κ2) is 10.6. The van der Waals surface area contributed by atoms with Gasteiger partial charge in [0.05, 0.1) is 12.7 Å². The Hall–Kier alpha value is -1.58. The second-order valence-corrected chi connectivity index (χ2v) is 10.2. The number of piperidine rings is 1. The SMILES string of the molecule is CNC1CCN(C(=O)N(CCCNC(=O)OC2C3COC4OC2CC4C3)CC(C)C)CC1. The van der Waals surface area contributed by atoms with Gasteiger partial charge in [0.25, 0.3) is 0 Å². The first kappa shape index (κ1) is 23.6. The molecule has 3 saturated heterocycles. The van der Waals surface area contributed by atoms with Crippen molar-refractivity contribution in [3.63, 3.8) is 0 Å². The highest BCUT2D eigenvalue weighted by Gasteiger charge is 2.53. The molecule has 1 saturated carbocycles. The molecule has 5 unspecified atom stereocenters. The highest BCUT2D eigenvalue weighted by atomic mass is 16.7. The van der Waals surface area contributed by atoms with Crippen LogP contribution in [-0.2, 0) is 14.2 Å². The lowest BCUT2D eigenvalue weighted by Gasteiger charge is -2.36. The first-order valence-electron chi connectivity index (χ1n) is 12.4. The van der Waals surface area contributed by atoms with E-state index in [9.17, 15) is 9.59 Å². The molecule has 3 amide bonds. The Labute approximate surface area is 191 Å². The van der Waals surface area contributed by atoms with Crippen LogP contribution in [0.2, 0.25) is 0 Å². The van der Waals surface area contributed by atoms with Crippen molar-refractivity contribution in [2.75, 3.05) is 46.4 Å². The van der Waals surface area contributed by atoms with E-state index in [0.717, 1.165) is 45.3 Å². The minimum atomic E-state index is -0.400. The third-order valence-corrected chi connectivity index (χ3v) is 7.29. The van der Waals surface area contributed by atoms with Gasteiger partial charge in [-0.3, -0.25) is 0 Å². The predicted molar refractivity (Wildman–Crippen MR) is 119 cm³/mol. The Morgan fingerprint density at radius 2 is 1.97 bits per heavy atom. The van der Waals surface area contributed by atoms with Crippen molar-refractivity contribution in [3.05, 3.63) is 0 Å². The molecule has 1 aliphatic carbocycles. The smallest absolute Gasteiger partial charge is 0.407 e. The molecule has 0 radical (unpaired) electrons. The fraction of sp³-hybridized carbons (Fsp3) is 0.913. The molecule has 32 heavy (non-hydrogen) atoms. The summed E-state index contributed by atoms with van der Waals surface area (Å²) in [5.74, 6) is 1.08. The Morgan fingerprint density at radius 1 is 1.19 bits per heavy atom. The number of rotatable bonds is 8. The van der Waals surface area contributed by atoms with E-state index < -0.39 is 6.09 Å². The van der Waals surface area contributed by atoms with E-state index in [4.69, 9.17) is 14.2 Å². The van der Waals surface area contributed by atoms with Gasteiger partial charge < -0.3 is 34.6 Å². The van der Waals surface area contributed by atoms with Crippen LogP contribution in [0, 0.1) is 17.8 Å². The van der Waals surface area contributed by atoms with E-state index in [1.807, 2.05) is 16.8 Å². The number of nitrogens with zero attached hydrogens (tertiary/aromatic N) is 2. The fourth-order valence-electron chi connectivity index (χ4n) is 5.61. The van der Waals surface area contributed by atoms with Crippen LogP contribution in [0.15, 0.2) is 0 Å². The fourth-order valence-corrected chi connectivity index (χ4v) is 5.61. The number of likely N-dealkylation sites (tertiary alicyclic amines) is 1. The van der Waals surface area contributed by atoms with Gasteiger partial charge in [-0.2, -0.15) is 0 Å². The van der Waals surface area contributed by atoms with Gasteiger partial charge in [0, 0.05) is 50.6 Å². The minimum Gasteiger partial charge on any atom is -0.443 e. The van der Waals surface area contributed by atoms with Gasteiger partial charge in [0.15, 0.2) is 6.29 Å². The third-order valence-electron chi connectivity index (χ3n) is 7.29. The van der Waals surface area contributed by atoms with Crippen molar-refractivity contribution in [2.24, 2.45) is 17.8 Å². The van der Waals surface area contributed by atoms with E-state index >= 15 is 0 Å². The summed E-state index contributed by atoms with van der Waals surface area (Å²) in [7, 11) is 1.98. The van der Waals surface area contributed by atoms with Gasteiger partial charge in [-0.15, -0.1) is 0 Å². The average Bonchev–Trinajstić information content (AvgIpc) is 3.08. The number of urea groups is 1. The molecule has 2 N–H and O–H groups in total. The van der Waals surface area contributed by atoms with Crippen molar-refractivity contribution in [3.8, 4) is 0 Å². The number of alkyl carbamates (subject to hydrolysis) is 1. The largest absolute Gasteiger partial charge is 0.443 e. The standard InChI is InChI=1S/C23H40N4O5/c1-15(2)13-27(23(29)26-9-5-18(24-3)6-10-26)8-4-7-25-22(28)32-20-17-11-16-12-19(20)31-21(16)30-14-17/h15-21,24H,4-14H2,1-3H3,(H,25,28). The maximum atomic E-state index is 13.1. The average molecular weight is 453 g/mol. The molecule has 0 aromatic rings. The van der Waals surface area contributed by atoms with Gasteiger partial charge in [0.2, 0.25) is 0 Å². The molecule has 3 bridgehead atoms. The van der Waals surface area contributed by atoms with Crippen LogP contribution < -0.4 is 10.6 Å². The van der Waals surface area contributed by atoms with Crippen LogP contribution in [0.25, 0.3) is 0 Å². The Balaban J connectivity index is 1.19. The van der Waals surface area contributed by atoms with E-state index in [0.29, 0.717) is 44.0 Å². The van der Waals surface area contributed by atoms with Crippen LogP contribution in [-0.4, -0.2) is 92.8 Å². The molecule has 9 heteroatoms. The molecule has 9 nitrogen and oxygen atoms in total. The molecule has 4 rings (SSSR count). The number of amides is 3. The number of carbonyl (C=O) groups is 2. The predicted octanol–water partition coefficient (Wildman–Crippen LogP) is 2.01. The van der Waals surface area contributed by atoms with E-state index in [-0.39, 0.29) is 30.4 Å². The van der Waals surface area contributed by atoms with Crippen LogP contribution in [0.5, 0.6) is 0 Å². The van der Waals surface area contributed by atoms with Crippen molar-refractivity contribution in [1.29, 1.82) is 0 Å². The van der Waals surface area contributed by atoms with Crippen molar-refractivity contribution >= 4 is 12.1 Å². The lowest BCUT2D eigenvalue weighted by Crippen LogP contribution is -2.50.